The van der Waals surface area contributed by atoms with Gasteiger partial charge in [-0.2, -0.15) is 0 Å². The van der Waals surface area contributed by atoms with E-state index in [-0.39, 0.29) is 10.8 Å². The van der Waals surface area contributed by atoms with Crippen molar-refractivity contribution in [3.8, 4) is 33.4 Å². The Morgan fingerprint density at radius 1 is 0.370 bits per heavy atom. The first kappa shape index (κ1) is 31.6. The van der Waals surface area contributed by atoms with Gasteiger partial charge in [-0.05, 0) is 127 Å². The van der Waals surface area contributed by atoms with Gasteiger partial charge in [0.25, 0.3) is 0 Å². The van der Waals surface area contributed by atoms with E-state index in [4.69, 9.17) is 0 Å². The maximum atomic E-state index is 2.45. The zero-order chi connectivity index (χ0) is 36.3. The van der Waals surface area contributed by atoms with Gasteiger partial charge in [-0.25, -0.2) is 0 Å². The quantitative estimate of drug-likeness (QED) is 0.176. The van der Waals surface area contributed by atoms with E-state index in [0.717, 1.165) is 17.1 Å². The Balaban J connectivity index is 1.04. The Morgan fingerprint density at radius 2 is 0.907 bits per heavy atom. The van der Waals surface area contributed by atoms with Gasteiger partial charge in [0.1, 0.15) is 0 Å². The summed E-state index contributed by atoms with van der Waals surface area (Å²) < 4.78 is 2.68. The number of fused-ring (bicyclic) bond motifs is 10. The molecular weight excluding hydrogens is 671 g/mol. The van der Waals surface area contributed by atoms with Crippen LogP contribution in [0.3, 0.4) is 0 Å². The van der Waals surface area contributed by atoms with E-state index >= 15 is 0 Å². The molecule has 9 aromatic rings. The monoisotopic (exact) mass is 709 g/mol. The Hall–Kier alpha value is -5.96. The highest BCUT2D eigenvalue weighted by Crippen LogP contribution is 2.53. The summed E-state index contributed by atoms with van der Waals surface area (Å²) in [6.07, 6.45) is 0. The summed E-state index contributed by atoms with van der Waals surface area (Å²) in [4.78, 5) is 2.45. The Labute approximate surface area is 320 Å². The van der Waals surface area contributed by atoms with Crippen LogP contribution in [-0.4, -0.2) is 0 Å². The van der Waals surface area contributed by atoms with E-state index in [1.807, 2.05) is 11.3 Å². The van der Waals surface area contributed by atoms with E-state index in [1.54, 1.807) is 0 Å². The summed E-state index contributed by atoms with van der Waals surface area (Å²) >= 11 is 1.88. The second-order valence-corrected chi connectivity index (χ2v) is 17.3. The number of rotatable bonds is 4. The van der Waals surface area contributed by atoms with Gasteiger partial charge in [0, 0.05) is 48.1 Å². The maximum Gasteiger partial charge on any atom is 0.0468 e. The predicted molar refractivity (Wildman–Crippen MR) is 232 cm³/mol. The van der Waals surface area contributed by atoms with E-state index in [2.05, 4.69) is 196 Å². The van der Waals surface area contributed by atoms with E-state index in [1.165, 1.54) is 86.6 Å². The Kier molecular flexibility index (Phi) is 6.59. The smallest absolute Gasteiger partial charge is 0.0468 e. The van der Waals surface area contributed by atoms with Gasteiger partial charge >= 0.3 is 0 Å². The van der Waals surface area contributed by atoms with Crippen molar-refractivity contribution in [2.24, 2.45) is 0 Å². The summed E-state index contributed by atoms with van der Waals surface area (Å²) in [6, 6.07) is 61.6. The number of nitrogens with zero attached hydrogens (tertiary/aromatic N) is 1. The molecule has 258 valence electrons. The van der Waals surface area contributed by atoms with E-state index in [0.29, 0.717) is 0 Å². The summed E-state index contributed by atoms with van der Waals surface area (Å²) in [5.41, 5.74) is 16.7. The first-order chi connectivity index (χ1) is 26.3. The highest BCUT2D eigenvalue weighted by Gasteiger charge is 2.37. The van der Waals surface area contributed by atoms with Crippen LogP contribution >= 0.6 is 11.3 Å². The normalized spacial score (nSPS) is 14.6. The molecular formula is C52H39NS. The molecule has 8 aromatic carbocycles. The van der Waals surface area contributed by atoms with Gasteiger partial charge in [0.05, 0.1) is 0 Å². The first-order valence-electron chi connectivity index (χ1n) is 19.0. The third-order valence-electron chi connectivity index (χ3n) is 12.4. The van der Waals surface area contributed by atoms with Crippen LogP contribution in [0.25, 0.3) is 64.3 Å². The summed E-state index contributed by atoms with van der Waals surface area (Å²) in [5.74, 6) is 0. The molecule has 1 aromatic heterocycles. The van der Waals surface area contributed by atoms with Crippen LogP contribution in [0.4, 0.5) is 17.1 Å². The lowest BCUT2D eigenvalue weighted by molar-refractivity contribution is 0.660. The standard InChI is InChI=1S/C52H39NS/c1-51(2)45-14-8-5-11-39(45)42-30-37(23-25-47(42)51)53(38-24-26-48-43(31-38)40-12-6-9-15-46(40)52(48,3)4)36-21-19-32(20-22-36)33-17-18-34-28-44-41-13-7-10-16-49(41)54-50(44)29-35(34)27-33/h5-31H,1-4H3. The second kappa shape index (κ2) is 11.3. The van der Waals surface area contributed by atoms with Crippen molar-refractivity contribution in [1.29, 1.82) is 0 Å². The molecule has 0 unspecified atom stereocenters. The van der Waals surface area contributed by atoms with Gasteiger partial charge in [0.2, 0.25) is 0 Å². The van der Waals surface area contributed by atoms with Crippen molar-refractivity contribution in [1.82, 2.24) is 0 Å². The molecule has 0 saturated carbocycles. The van der Waals surface area contributed by atoms with Gasteiger partial charge in [0.15, 0.2) is 0 Å². The van der Waals surface area contributed by atoms with Crippen LogP contribution in [0.5, 0.6) is 0 Å². The molecule has 0 fully saturated rings. The Bertz CT molecular complexity index is 2890. The van der Waals surface area contributed by atoms with Crippen molar-refractivity contribution in [3.63, 3.8) is 0 Å². The molecule has 0 aliphatic heterocycles. The second-order valence-electron chi connectivity index (χ2n) is 16.2. The van der Waals surface area contributed by atoms with Crippen molar-refractivity contribution in [3.05, 3.63) is 186 Å². The molecule has 0 radical (unpaired) electrons. The number of benzene rings is 8. The molecule has 0 amide bonds. The van der Waals surface area contributed by atoms with Crippen LogP contribution in [0.15, 0.2) is 164 Å². The van der Waals surface area contributed by atoms with Gasteiger partial charge in [-0.15, -0.1) is 11.3 Å². The van der Waals surface area contributed by atoms with Crippen molar-refractivity contribution in [2.75, 3.05) is 4.90 Å². The maximum absolute atomic E-state index is 2.45. The minimum atomic E-state index is -0.0393. The van der Waals surface area contributed by atoms with Crippen molar-refractivity contribution >= 4 is 59.3 Å². The van der Waals surface area contributed by atoms with E-state index in [9.17, 15) is 0 Å². The van der Waals surface area contributed by atoms with E-state index < -0.39 is 0 Å². The van der Waals surface area contributed by atoms with Crippen molar-refractivity contribution in [2.45, 2.75) is 38.5 Å². The van der Waals surface area contributed by atoms with Crippen molar-refractivity contribution < 1.29 is 0 Å². The lowest BCUT2D eigenvalue weighted by Gasteiger charge is -2.28. The summed E-state index contributed by atoms with van der Waals surface area (Å²) in [5, 5.41) is 5.24. The van der Waals surface area contributed by atoms with Crippen LogP contribution in [0.1, 0.15) is 49.9 Å². The fourth-order valence-corrected chi connectivity index (χ4v) is 10.7. The SMILES string of the molecule is CC1(C)c2ccccc2-c2cc(N(c3ccc(-c4ccc5cc6c(cc5c4)sc4ccccc46)cc3)c3ccc4c(c3)-c3ccccc3C4(C)C)ccc21. The van der Waals surface area contributed by atoms with Crippen LogP contribution in [0, 0.1) is 0 Å². The average Bonchev–Trinajstić information content (AvgIpc) is 3.76. The molecule has 2 aliphatic rings. The molecule has 1 heterocycles. The largest absolute Gasteiger partial charge is 0.310 e. The average molecular weight is 710 g/mol. The molecule has 1 nitrogen and oxygen atoms in total. The van der Waals surface area contributed by atoms with Gasteiger partial charge in [-0.3, -0.25) is 0 Å². The molecule has 2 aliphatic carbocycles. The lowest BCUT2D eigenvalue weighted by atomic mass is 9.82. The fourth-order valence-electron chi connectivity index (χ4n) is 9.59. The molecule has 0 N–H and O–H groups in total. The minimum absolute atomic E-state index is 0.0393. The minimum Gasteiger partial charge on any atom is -0.310 e. The zero-order valence-corrected chi connectivity index (χ0v) is 31.8. The number of thiophene rings is 1. The summed E-state index contributed by atoms with van der Waals surface area (Å²) in [7, 11) is 0. The molecule has 0 spiro atoms. The third kappa shape index (κ3) is 4.50. The first-order valence-corrected chi connectivity index (χ1v) is 19.8. The zero-order valence-electron chi connectivity index (χ0n) is 30.9. The highest BCUT2D eigenvalue weighted by molar-refractivity contribution is 7.25. The summed E-state index contributed by atoms with van der Waals surface area (Å²) in [6.45, 7) is 9.41. The number of hydrogen-bond acceptors (Lipinski definition) is 2. The highest BCUT2D eigenvalue weighted by atomic mass is 32.1. The molecule has 0 bridgehead atoms. The molecule has 11 rings (SSSR count). The fraction of sp³-hybridized carbons (Fsp3) is 0.115. The predicted octanol–water partition coefficient (Wildman–Crippen LogP) is 15.0. The van der Waals surface area contributed by atoms with Gasteiger partial charge < -0.3 is 4.90 Å². The number of hydrogen-bond donors (Lipinski definition) is 0. The van der Waals surface area contributed by atoms with Crippen LogP contribution in [-0.2, 0) is 10.8 Å². The van der Waals surface area contributed by atoms with Crippen LogP contribution < -0.4 is 4.90 Å². The third-order valence-corrected chi connectivity index (χ3v) is 13.6. The topological polar surface area (TPSA) is 3.24 Å². The molecule has 2 heteroatoms. The Morgan fingerprint density at radius 3 is 1.56 bits per heavy atom. The number of anilines is 3. The lowest BCUT2D eigenvalue weighted by Crippen LogP contribution is -2.16. The van der Waals surface area contributed by atoms with Crippen LogP contribution in [0.2, 0.25) is 0 Å². The van der Waals surface area contributed by atoms with Gasteiger partial charge in [-0.1, -0.05) is 131 Å². The molecule has 0 saturated heterocycles. The molecule has 54 heavy (non-hydrogen) atoms. The molecule has 0 atom stereocenters.